The molecular formula is C21H24N2O2. The molecule has 1 N–H and O–H groups in total. The first-order valence-corrected chi connectivity index (χ1v) is 8.91. The zero-order valence-electron chi connectivity index (χ0n) is 14.4. The van der Waals surface area contributed by atoms with Gasteiger partial charge in [0.05, 0.1) is 0 Å². The van der Waals surface area contributed by atoms with Gasteiger partial charge in [-0.05, 0) is 42.5 Å². The molecule has 0 spiro atoms. The molecule has 1 fully saturated rings. The van der Waals surface area contributed by atoms with E-state index in [0.29, 0.717) is 19.4 Å². The van der Waals surface area contributed by atoms with E-state index < -0.39 is 0 Å². The number of nitrogens with zero attached hydrogens (tertiary/aromatic N) is 1. The van der Waals surface area contributed by atoms with Crippen LogP contribution in [0.5, 0.6) is 0 Å². The molecule has 0 aromatic heterocycles. The molecule has 0 aliphatic carbocycles. The molecule has 2 aromatic carbocycles. The second-order valence-electron chi connectivity index (χ2n) is 6.51. The van der Waals surface area contributed by atoms with Crippen LogP contribution in [0, 0.1) is 0 Å². The number of rotatable bonds is 7. The van der Waals surface area contributed by atoms with Gasteiger partial charge >= 0.3 is 0 Å². The monoisotopic (exact) mass is 336 g/mol. The fourth-order valence-corrected chi connectivity index (χ4v) is 3.16. The fraction of sp³-hybridized carbons (Fsp3) is 0.333. The first-order valence-electron chi connectivity index (χ1n) is 8.91. The Hall–Kier alpha value is -2.62. The third-order valence-electron chi connectivity index (χ3n) is 4.47. The number of carbonyl (C=O) groups excluding carboxylic acids is 2. The third-order valence-corrected chi connectivity index (χ3v) is 4.47. The molecule has 0 bridgehead atoms. The minimum Gasteiger partial charge on any atom is -0.338 e. The normalized spacial score (nSPS) is 13.9. The minimum absolute atomic E-state index is 0.0327. The summed E-state index contributed by atoms with van der Waals surface area (Å²) in [6.07, 6.45) is 3.83. The Morgan fingerprint density at radius 3 is 2.60 bits per heavy atom. The fourth-order valence-electron chi connectivity index (χ4n) is 3.16. The standard InChI is InChI=1S/C21H24N2O2/c24-20(12-5-9-17-7-2-1-3-8-17)22-19-11-4-10-18(15-19)16-23-14-6-13-21(23)25/h1-4,7-8,10-11,15H,5-6,9,12-14,16H2,(H,22,24). The lowest BCUT2D eigenvalue weighted by atomic mass is 10.1. The highest BCUT2D eigenvalue weighted by atomic mass is 16.2. The van der Waals surface area contributed by atoms with Gasteiger partial charge in [-0.1, -0.05) is 42.5 Å². The molecule has 1 aliphatic rings. The van der Waals surface area contributed by atoms with Gasteiger partial charge in [0.15, 0.2) is 0 Å². The number of nitrogens with one attached hydrogen (secondary N) is 1. The molecular weight excluding hydrogens is 312 g/mol. The van der Waals surface area contributed by atoms with E-state index in [9.17, 15) is 9.59 Å². The van der Waals surface area contributed by atoms with Crippen molar-refractivity contribution in [1.29, 1.82) is 0 Å². The Kier molecular flexibility index (Phi) is 5.83. The molecule has 25 heavy (non-hydrogen) atoms. The number of amides is 2. The lowest BCUT2D eigenvalue weighted by Gasteiger charge is -2.16. The molecule has 0 unspecified atom stereocenters. The molecule has 0 saturated carbocycles. The van der Waals surface area contributed by atoms with E-state index in [-0.39, 0.29) is 11.8 Å². The number of benzene rings is 2. The molecule has 0 radical (unpaired) electrons. The van der Waals surface area contributed by atoms with Crippen LogP contribution in [0.25, 0.3) is 0 Å². The number of aryl methyl sites for hydroxylation is 1. The van der Waals surface area contributed by atoms with Crippen molar-refractivity contribution in [3.8, 4) is 0 Å². The van der Waals surface area contributed by atoms with Gasteiger partial charge in [0.2, 0.25) is 11.8 Å². The molecule has 2 amide bonds. The van der Waals surface area contributed by atoms with Crippen LogP contribution in [0.1, 0.15) is 36.8 Å². The summed E-state index contributed by atoms with van der Waals surface area (Å²) in [6.45, 7) is 1.45. The SMILES string of the molecule is O=C(CCCc1ccccc1)Nc1cccc(CN2CCCC2=O)c1. The summed E-state index contributed by atoms with van der Waals surface area (Å²) in [5, 5.41) is 2.96. The largest absolute Gasteiger partial charge is 0.338 e. The van der Waals surface area contributed by atoms with Gasteiger partial charge in [-0.2, -0.15) is 0 Å². The highest BCUT2D eigenvalue weighted by Crippen LogP contribution is 2.17. The van der Waals surface area contributed by atoms with Crippen molar-refractivity contribution in [2.45, 2.75) is 38.6 Å². The van der Waals surface area contributed by atoms with Gasteiger partial charge in [0.1, 0.15) is 0 Å². The van der Waals surface area contributed by atoms with Crippen molar-refractivity contribution < 1.29 is 9.59 Å². The molecule has 1 aliphatic heterocycles. The first-order chi connectivity index (χ1) is 12.2. The van der Waals surface area contributed by atoms with E-state index in [1.807, 2.05) is 47.4 Å². The average Bonchev–Trinajstić information content (AvgIpc) is 3.01. The molecule has 0 atom stereocenters. The summed E-state index contributed by atoms with van der Waals surface area (Å²) in [5.74, 6) is 0.251. The van der Waals surface area contributed by atoms with E-state index in [0.717, 1.165) is 37.1 Å². The zero-order chi connectivity index (χ0) is 17.5. The van der Waals surface area contributed by atoms with Crippen LogP contribution in [0.3, 0.4) is 0 Å². The Morgan fingerprint density at radius 2 is 1.84 bits per heavy atom. The number of hydrogen-bond donors (Lipinski definition) is 1. The lowest BCUT2D eigenvalue weighted by Crippen LogP contribution is -2.23. The Labute approximate surface area is 148 Å². The molecule has 1 heterocycles. The van der Waals surface area contributed by atoms with E-state index in [2.05, 4.69) is 17.4 Å². The number of anilines is 1. The summed E-state index contributed by atoms with van der Waals surface area (Å²) in [6, 6.07) is 18.0. The third kappa shape index (κ3) is 5.18. The summed E-state index contributed by atoms with van der Waals surface area (Å²) < 4.78 is 0. The van der Waals surface area contributed by atoms with Crippen molar-refractivity contribution in [2.24, 2.45) is 0 Å². The Bertz CT molecular complexity index is 728. The van der Waals surface area contributed by atoms with Crippen LogP contribution in [-0.2, 0) is 22.6 Å². The molecule has 130 valence electrons. The highest BCUT2D eigenvalue weighted by Gasteiger charge is 2.19. The molecule has 1 saturated heterocycles. The van der Waals surface area contributed by atoms with Crippen LogP contribution in [-0.4, -0.2) is 23.3 Å². The van der Waals surface area contributed by atoms with Crippen molar-refractivity contribution in [3.63, 3.8) is 0 Å². The summed E-state index contributed by atoms with van der Waals surface area (Å²) in [5.41, 5.74) is 3.11. The summed E-state index contributed by atoms with van der Waals surface area (Å²) in [4.78, 5) is 25.7. The van der Waals surface area contributed by atoms with Crippen molar-refractivity contribution in [1.82, 2.24) is 4.90 Å². The molecule has 2 aromatic rings. The minimum atomic E-state index is 0.0327. The van der Waals surface area contributed by atoms with Gasteiger partial charge in [-0.3, -0.25) is 9.59 Å². The van der Waals surface area contributed by atoms with Crippen LogP contribution < -0.4 is 5.32 Å². The first kappa shape index (κ1) is 17.2. The quantitative estimate of drug-likeness (QED) is 0.837. The van der Waals surface area contributed by atoms with Crippen molar-refractivity contribution in [3.05, 3.63) is 65.7 Å². The van der Waals surface area contributed by atoms with Crippen LogP contribution in [0.4, 0.5) is 5.69 Å². The van der Waals surface area contributed by atoms with Crippen molar-refractivity contribution >= 4 is 17.5 Å². The van der Waals surface area contributed by atoms with Gasteiger partial charge in [-0.15, -0.1) is 0 Å². The predicted molar refractivity (Wildman–Crippen MR) is 99.1 cm³/mol. The van der Waals surface area contributed by atoms with E-state index in [1.54, 1.807) is 0 Å². The van der Waals surface area contributed by atoms with Gasteiger partial charge in [0, 0.05) is 31.6 Å². The molecule has 4 nitrogen and oxygen atoms in total. The number of likely N-dealkylation sites (tertiary alicyclic amines) is 1. The average molecular weight is 336 g/mol. The maximum atomic E-state index is 12.1. The zero-order valence-corrected chi connectivity index (χ0v) is 14.4. The van der Waals surface area contributed by atoms with E-state index >= 15 is 0 Å². The lowest BCUT2D eigenvalue weighted by molar-refractivity contribution is -0.128. The second-order valence-corrected chi connectivity index (χ2v) is 6.51. The number of carbonyl (C=O) groups is 2. The Morgan fingerprint density at radius 1 is 1.04 bits per heavy atom. The second kappa shape index (κ2) is 8.47. The van der Waals surface area contributed by atoms with Gasteiger partial charge in [-0.25, -0.2) is 0 Å². The van der Waals surface area contributed by atoms with E-state index in [1.165, 1.54) is 5.56 Å². The van der Waals surface area contributed by atoms with Gasteiger partial charge < -0.3 is 10.2 Å². The topological polar surface area (TPSA) is 49.4 Å². The maximum absolute atomic E-state index is 12.1. The van der Waals surface area contributed by atoms with Crippen molar-refractivity contribution in [2.75, 3.05) is 11.9 Å². The van der Waals surface area contributed by atoms with Crippen LogP contribution >= 0.6 is 0 Å². The smallest absolute Gasteiger partial charge is 0.224 e. The Balaban J connectivity index is 1.47. The summed E-state index contributed by atoms with van der Waals surface area (Å²) >= 11 is 0. The van der Waals surface area contributed by atoms with Gasteiger partial charge in [0.25, 0.3) is 0 Å². The summed E-state index contributed by atoms with van der Waals surface area (Å²) in [7, 11) is 0. The van der Waals surface area contributed by atoms with Crippen LogP contribution in [0.15, 0.2) is 54.6 Å². The van der Waals surface area contributed by atoms with E-state index in [4.69, 9.17) is 0 Å². The van der Waals surface area contributed by atoms with Crippen LogP contribution in [0.2, 0.25) is 0 Å². The predicted octanol–water partition coefficient (Wildman–Crippen LogP) is 3.77. The highest BCUT2D eigenvalue weighted by molar-refractivity contribution is 5.90. The molecule has 4 heteroatoms. The maximum Gasteiger partial charge on any atom is 0.224 e. The number of hydrogen-bond acceptors (Lipinski definition) is 2. The molecule has 3 rings (SSSR count).